The molecule has 0 saturated heterocycles. The molecule has 1 heterocycles. The molecule has 0 amide bonds. The molecular formula is C11H9FO4. The quantitative estimate of drug-likeness (QED) is 0.531. The number of ether oxygens (including phenoxy) is 2. The van der Waals surface area contributed by atoms with Crippen LogP contribution in [0.4, 0.5) is 4.39 Å². The zero-order valence-corrected chi connectivity index (χ0v) is 8.53. The summed E-state index contributed by atoms with van der Waals surface area (Å²) in [5.41, 5.74) is 0.0849. The predicted octanol–water partition coefficient (Wildman–Crippen LogP) is 1.19. The van der Waals surface area contributed by atoms with E-state index in [4.69, 9.17) is 4.74 Å². The third-order valence-electron chi connectivity index (χ3n) is 2.43. The van der Waals surface area contributed by atoms with E-state index in [0.717, 1.165) is 0 Å². The van der Waals surface area contributed by atoms with Crippen molar-refractivity contribution < 1.29 is 23.5 Å². The number of hydrogen-bond acceptors (Lipinski definition) is 4. The van der Waals surface area contributed by atoms with Crippen LogP contribution in [0.3, 0.4) is 0 Å². The summed E-state index contributed by atoms with van der Waals surface area (Å²) in [6.07, 6.45) is 0. The molecule has 0 bridgehead atoms. The SMILES string of the molecule is COC(=O)C1COc2c(F)cccc2C1=O. The first kappa shape index (κ1) is 10.6. The first-order valence-corrected chi connectivity index (χ1v) is 4.68. The third-order valence-corrected chi connectivity index (χ3v) is 2.43. The van der Waals surface area contributed by atoms with Gasteiger partial charge in [-0.25, -0.2) is 4.39 Å². The highest BCUT2D eigenvalue weighted by molar-refractivity contribution is 6.11. The number of ketones is 1. The highest BCUT2D eigenvalue weighted by Gasteiger charge is 2.36. The van der Waals surface area contributed by atoms with Crippen LogP contribution in [-0.4, -0.2) is 25.5 Å². The molecule has 1 aliphatic rings. The van der Waals surface area contributed by atoms with Crippen molar-refractivity contribution in [3.63, 3.8) is 0 Å². The number of para-hydroxylation sites is 1. The van der Waals surface area contributed by atoms with Crippen LogP contribution in [0.25, 0.3) is 0 Å². The van der Waals surface area contributed by atoms with Gasteiger partial charge in [0, 0.05) is 0 Å². The van der Waals surface area contributed by atoms with E-state index in [0.29, 0.717) is 0 Å². The molecule has 16 heavy (non-hydrogen) atoms. The van der Waals surface area contributed by atoms with Crippen molar-refractivity contribution in [2.45, 2.75) is 0 Å². The number of esters is 1. The van der Waals surface area contributed by atoms with Gasteiger partial charge in [-0.1, -0.05) is 6.07 Å². The van der Waals surface area contributed by atoms with Gasteiger partial charge in [-0.3, -0.25) is 9.59 Å². The maximum absolute atomic E-state index is 13.3. The topological polar surface area (TPSA) is 52.6 Å². The number of carbonyl (C=O) groups excluding carboxylic acids is 2. The van der Waals surface area contributed by atoms with E-state index < -0.39 is 23.5 Å². The molecule has 0 fully saturated rings. The molecule has 1 aromatic carbocycles. The van der Waals surface area contributed by atoms with Gasteiger partial charge in [-0.15, -0.1) is 0 Å². The van der Waals surface area contributed by atoms with E-state index >= 15 is 0 Å². The minimum atomic E-state index is -1.00. The molecule has 4 nitrogen and oxygen atoms in total. The van der Waals surface area contributed by atoms with Crippen LogP contribution in [0, 0.1) is 11.7 Å². The minimum absolute atomic E-state index is 0.0849. The second-order valence-electron chi connectivity index (χ2n) is 3.37. The average molecular weight is 224 g/mol. The molecule has 0 saturated carbocycles. The van der Waals surface area contributed by atoms with E-state index in [1.807, 2.05) is 0 Å². The van der Waals surface area contributed by atoms with Gasteiger partial charge < -0.3 is 9.47 Å². The fourth-order valence-electron chi connectivity index (χ4n) is 1.60. The zero-order chi connectivity index (χ0) is 11.7. The van der Waals surface area contributed by atoms with Gasteiger partial charge in [0.15, 0.2) is 23.3 Å². The lowest BCUT2D eigenvalue weighted by Crippen LogP contribution is -2.35. The maximum Gasteiger partial charge on any atom is 0.320 e. The molecule has 1 atom stereocenters. The van der Waals surface area contributed by atoms with Gasteiger partial charge in [0.2, 0.25) is 0 Å². The number of Topliss-reactive ketones (excluding diaryl/α,β-unsaturated/α-hetero) is 1. The van der Waals surface area contributed by atoms with Gasteiger partial charge in [0.25, 0.3) is 0 Å². The number of carbonyl (C=O) groups is 2. The molecule has 2 rings (SSSR count). The van der Waals surface area contributed by atoms with Crippen LogP contribution in [0.15, 0.2) is 18.2 Å². The lowest BCUT2D eigenvalue weighted by Gasteiger charge is -2.22. The van der Waals surface area contributed by atoms with Crippen molar-refractivity contribution in [2.75, 3.05) is 13.7 Å². The van der Waals surface area contributed by atoms with Crippen molar-refractivity contribution >= 4 is 11.8 Å². The molecule has 0 aromatic heterocycles. The summed E-state index contributed by atoms with van der Waals surface area (Å²) in [4.78, 5) is 23.1. The van der Waals surface area contributed by atoms with Crippen LogP contribution in [0.5, 0.6) is 5.75 Å². The first-order valence-electron chi connectivity index (χ1n) is 4.68. The number of benzene rings is 1. The summed E-state index contributed by atoms with van der Waals surface area (Å²) < 4.78 is 22.8. The highest BCUT2D eigenvalue weighted by atomic mass is 19.1. The number of halogens is 1. The highest BCUT2D eigenvalue weighted by Crippen LogP contribution is 2.30. The molecular weight excluding hydrogens is 215 g/mol. The summed E-state index contributed by atoms with van der Waals surface area (Å²) in [6, 6.07) is 4.02. The second kappa shape index (κ2) is 3.92. The van der Waals surface area contributed by atoms with Crippen LogP contribution in [-0.2, 0) is 9.53 Å². The van der Waals surface area contributed by atoms with Crippen LogP contribution >= 0.6 is 0 Å². The fraction of sp³-hybridized carbons (Fsp3) is 0.273. The Morgan fingerprint density at radius 1 is 1.56 bits per heavy atom. The summed E-state index contributed by atoms with van der Waals surface area (Å²) >= 11 is 0. The van der Waals surface area contributed by atoms with Crippen LogP contribution in [0.1, 0.15) is 10.4 Å². The fourth-order valence-corrected chi connectivity index (χ4v) is 1.60. The monoisotopic (exact) mass is 224 g/mol. The Hall–Kier alpha value is -1.91. The molecule has 1 unspecified atom stereocenters. The average Bonchev–Trinajstić information content (AvgIpc) is 2.30. The number of rotatable bonds is 1. The van der Waals surface area contributed by atoms with Gasteiger partial charge in [-0.05, 0) is 12.1 Å². The first-order chi connectivity index (χ1) is 7.65. The Morgan fingerprint density at radius 3 is 3.00 bits per heavy atom. The van der Waals surface area contributed by atoms with Crippen molar-refractivity contribution in [2.24, 2.45) is 5.92 Å². The van der Waals surface area contributed by atoms with Crippen molar-refractivity contribution in [3.05, 3.63) is 29.6 Å². The van der Waals surface area contributed by atoms with E-state index in [1.165, 1.54) is 25.3 Å². The Labute approximate surface area is 91.0 Å². The summed E-state index contributed by atoms with van der Waals surface area (Å²) in [7, 11) is 1.19. The van der Waals surface area contributed by atoms with Crippen molar-refractivity contribution in [1.29, 1.82) is 0 Å². The van der Waals surface area contributed by atoms with E-state index in [-0.39, 0.29) is 17.9 Å². The zero-order valence-electron chi connectivity index (χ0n) is 8.53. The predicted molar refractivity (Wildman–Crippen MR) is 51.7 cm³/mol. The second-order valence-corrected chi connectivity index (χ2v) is 3.37. The Morgan fingerprint density at radius 2 is 2.31 bits per heavy atom. The molecule has 84 valence electrons. The maximum atomic E-state index is 13.3. The van der Waals surface area contributed by atoms with E-state index in [1.54, 1.807) is 0 Å². The summed E-state index contributed by atoms with van der Waals surface area (Å²) in [5.74, 6) is -2.83. The van der Waals surface area contributed by atoms with Gasteiger partial charge >= 0.3 is 5.97 Å². The van der Waals surface area contributed by atoms with Crippen LogP contribution in [0.2, 0.25) is 0 Å². The lowest BCUT2D eigenvalue weighted by molar-refractivity contribution is -0.144. The molecule has 5 heteroatoms. The molecule has 0 spiro atoms. The summed E-state index contributed by atoms with van der Waals surface area (Å²) in [5, 5.41) is 0. The van der Waals surface area contributed by atoms with E-state index in [2.05, 4.69) is 4.74 Å². The number of hydrogen-bond donors (Lipinski definition) is 0. The van der Waals surface area contributed by atoms with Gasteiger partial charge in [0.05, 0.1) is 12.7 Å². The standard InChI is InChI=1S/C11H9FO4/c1-15-11(14)7-5-16-10-6(9(7)13)3-2-4-8(10)12/h2-4,7H,5H2,1H3. The third kappa shape index (κ3) is 1.54. The van der Waals surface area contributed by atoms with Gasteiger partial charge in [0.1, 0.15) is 6.61 Å². The molecule has 0 aliphatic carbocycles. The van der Waals surface area contributed by atoms with E-state index in [9.17, 15) is 14.0 Å². The summed E-state index contributed by atoms with van der Waals surface area (Å²) in [6.45, 7) is -0.181. The minimum Gasteiger partial charge on any atom is -0.488 e. The molecule has 1 aromatic rings. The normalized spacial score (nSPS) is 18.6. The smallest absolute Gasteiger partial charge is 0.320 e. The largest absolute Gasteiger partial charge is 0.488 e. The lowest BCUT2D eigenvalue weighted by atomic mass is 9.95. The molecule has 0 N–H and O–H groups in total. The van der Waals surface area contributed by atoms with Gasteiger partial charge in [-0.2, -0.15) is 0 Å². The Bertz CT molecular complexity index is 455. The van der Waals surface area contributed by atoms with Crippen molar-refractivity contribution in [3.8, 4) is 5.75 Å². The van der Waals surface area contributed by atoms with Crippen molar-refractivity contribution in [1.82, 2.24) is 0 Å². The molecule has 0 radical (unpaired) electrons. The van der Waals surface area contributed by atoms with Crippen LogP contribution < -0.4 is 4.74 Å². The Balaban J connectivity index is 2.40. The Kier molecular flexibility index (Phi) is 2.60. The number of fused-ring (bicyclic) bond motifs is 1. The number of methoxy groups -OCH3 is 1. The molecule has 1 aliphatic heterocycles.